The Balaban J connectivity index is 1.91. The van der Waals surface area contributed by atoms with Crippen LogP contribution in [-0.4, -0.2) is 49.2 Å². The molecule has 0 aromatic heterocycles. The van der Waals surface area contributed by atoms with Crippen LogP contribution in [0.25, 0.3) is 0 Å². The van der Waals surface area contributed by atoms with Crippen molar-refractivity contribution in [3.8, 4) is 0 Å². The smallest absolute Gasteiger partial charge is 0.410 e. The first-order chi connectivity index (χ1) is 13.1. The molecule has 2 atom stereocenters. The van der Waals surface area contributed by atoms with Gasteiger partial charge in [0.05, 0.1) is 13.0 Å². The molecular formula is C21H30N2O4. The number of piperidine rings is 1. The van der Waals surface area contributed by atoms with E-state index in [1.807, 2.05) is 30.3 Å². The number of benzene rings is 1. The van der Waals surface area contributed by atoms with E-state index in [2.05, 4.69) is 11.9 Å². The molecule has 6 heteroatoms. The lowest BCUT2D eigenvalue weighted by Crippen LogP contribution is -2.48. The van der Waals surface area contributed by atoms with Crippen LogP contribution >= 0.6 is 0 Å². The summed E-state index contributed by atoms with van der Waals surface area (Å²) in [5.41, 5.74) is 0.965. The van der Waals surface area contributed by atoms with Crippen molar-refractivity contribution in [2.45, 2.75) is 38.8 Å². The van der Waals surface area contributed by atoms with Crippen molar-refractivity contribution in [3.63, 3.8) is 0 Å². The Hall–Kier alpha value is -2.34. The molecule has 1 N–H and O–H groups in total. The van der Waals surface area contributed by atoms with Crippen LogP contribution in [0.1, 0.15) is 31.7 Å². The lowest BCUT2D eigenvalue weighted by Gasteiger charge is -2.36. The third-order valence-electron chi connectivity index (χ3n) is 4.71. The number of hydrogen-bond acceptors (Lipinski definition) is 5. The highest BCUT2D eigenvalue weighted by molar-refractivity contribution is 5.70. The van der Waals surface area contributed by atoms with E-state index in [4.69, 9.17) is 9.47 Å². The number of ether oxygens (including phenoxy) is 2. The number of hydrogen-bond donors (Lipinski definition) is 1. The molecule has 2 rings (SSSR count). The Labute approximate surface area is 161 Å². The Kier molecular flexibility index (Phi) is 8.84. The van der Waals surface area contributed by atoms with Gasteiger partial charge in [0.25, 0.3) is 0 Å². The molecule has 0 saturated carbocycles. The number of nitrogens with zero attached hydrogens (tertiary/aromatic N) is 1. The number of esters is 1. The molecule has 1 aliphatic heterocycles. The molecular weight excluding hydrogens is 344 g/mol. The van der Waals surface area contributed by atoms with Crippen LogP contribution in [0.2, 0.25) is 0 Å². The zero-order chi connectivity index (χ0) is 19.5. The van der Waals surface area contributed by atoms with Gasteiger partial charge in [-0.15, -0.1) is 6.58 Å². The maximum Gasteiger partial charge on any atom is 0.410 e. The van der Waals surface area contributed by atoms with E-state index in [1.54, 1.807) is 17.9 Å². The number of amides is 1. The zero-order valence-corrected chi connectivity index (χ0v) is 16.1. The topological polar surface area (TPSA) is 67.9 Å². The second-order valence-electron chi connectivity index (χ2n) is 6.70. The minimum absolute atomic E-state index is 0.0493. The highest BCUT2D eigenvalue weighted by Gasteiger charge is 2.31. The van der Waals surface area contributed by atoms with Crippen molar-refractivity contribution in [3.05, 3.63) is 48.6 Å². The minimum atomic E-state index is -0.304. The van der Waals surface area contributed by atoms with Gasteiger partial charge in [0.1, 0.15) is 6.61 Å². The summed E-state index contributed by atoms with van der Waals surface area (Å²) in [6.45, 7) is 8.02. The largest absolute Gasteiger partial charge is 0.466 e. The first kappa shape index (κ1) is 21.0. The molecule has 1 aliphatic rings. The molecule has 1 amide bonds. The van der Waals surface area contributed by atoms with Crippen LogP contribution in [0.5, 0.6) is 0 Å². The van der Waals surface area contributed by atoms with Crippen molar-refractivity contribution in [2.24, 2.45) is 5.92 Å². The molecule has 0 aliphatic carbocycles. The summed E-state index contributed by atoms with van der Waals surface area (Å²) >= 11 is 0. The Morgan fingerprint density at radius 1 is 1.33 bits per heavy atom. The second kappa shape index (κ2) is 11.4. The third kappa shape index (κ3) is 7.06. The van der Waals surface area contributed by atoms with Crippen LogP contribution in [0.15, 0.2) is 43.0 Å². The molecule has 148 valence electrons. The third-order valence-corrected chi connectivity index (χ3v) is 4.71. The quantitative estimate of drug-likeness (QED) is 0.531. The maximum atomic E-state index is 12.5. The van der Waals surface area contributed by atoms with Crippen LogP contribution in [0.3, 0.4) is 0 Å². The Bertz CT molecular complexity index is 605. The van der Waals surface area contributed by atoms with Gasteiger partial charge in [0, 0.05) is 25.7 Å². The fourth-order valence-corrected chi connectivity index (χ4v) is 3.35. The van der Waals surface area contributed by atoms with Crippen molar-refractivity contribution in [2.75, 3.05) is 26.2 Å². The maximum absolute atomic E-state index is 12.5. The lowest BCUT2D eigenvalue weighted by molar-refractivity contribution is -0.144. The number of likely N-dealkylation sites (tertiary alicyclic amines) is 1. The SMILES string of the molecule is C=CCNC(CC(=O)OCC)[C@@H]1CCCN(C(=O)OCc2ccccc2)C1. The average Bonchev–Trinajstić information content (AvgIpc) is 2.70. The normalized spacial score (nSPS) is 17.8. The first-order valence-corrected chi connectivity index (χ1v) is 9.59. The molecule has 27 heavy (non-hydrogen) atoms. The van der Waals surface area contributed by atoms with Gasteiger partial charge in [-0.25, -0.2) is 4.79 Å². The van der Waals surface area contributed by atoms with Crippen molar-refractivity contribution in [1.29, 1.82) is 0 Å². The minimum Gasteiger partial charge on any atom is -0.466 e. The van der Waals surface area contributed by atoms with Gasteiger partial charge in [-0.2, -0.15) is 0 Å². The summed E-state index contributed by atoms with van der Waals surface area (Å²) < 4.78 is 10.6. The Morgan fingerprint density at radius 3 is 2.81 bits per heavy atom. The van der Waals surface area contributed by atoms with Gasteiger partial charge >= 0.3 is 12.1 Å². The molecule has 1 saturated heterocycles. The molecule has 1 unspecified atom stereocenters. The van der Waals surface area contributed by atoms with Gasteiger partial charge in [-0.05, 0) is 31.2 Å². The van der Waals surface area contributed by atoms with Gasteiger partial charge in [0.2, 0.25) is 0 Å². The monoisotopic (exact) mass is 374 g/mol. The summed E-state index contributed by atoms with van der Waals surface area (Å²) in [6.07, 6.45) is 3.60. The summed E-state index contributed by atoms with van der Waals surface area (Å²) in [6, 6.07) is 9.59. The van der Waals surface area contributed by atoms with Gasteiger partial charge in [-0.3, -0.25) is 4.79 Å². The van der Waals surface area contributed by atoms with Crippen molar-refractivity contribution >= 4 is 12.1 Å². The summed E-state index contributed by atoms with van der Waals surface area (Å²) in [5.74, 6) is -0.0461. The number of carbonyl (C=O) groups excluding carboxylic acids is 2. The molecule has 1 aromatic rings. The standard InChI is InChI=1S/C21H30N2O4/c1-3-12-22-19(14-20(24)26-4-2)18-11-8-13-23(15-18)21(25)27-16-17-9-6-5-7-10-17/h3,5-7,9-10,18-19,22H,1,4,8,11-16H2,2H3/t18-,19?/m1/s1. The van der Waals surface area contributed by atoms with E-state index in [9.17, 15) is 9.59 Å². The van der Waals surface area contributed by atoms with Crippen LogP contribution in [0, 0.1) is 5.92 Å². The number of carbonyl (C=O) groups is 2. The van der Waals surface area contributed by atoms with Crippen LogP contribution in [0.4, 0.5) is 4.79 Å². The van der Waals surface area contributed by atoms with E-state index in [0.29, 0.717) is 32.7 Å². The highest BCUT2D eigenvalue weighted by Crippen LogP contribution is 2.23. The van der Waals surface area contributed by atoms with E-state index >= 15 is 0 Å². The molecule has 0 bridgehead atoms. The van der Waals surface area contributed by atoms with Gasteiger partial charge in [-0.1, -0.05) is 36.4 Å². The molecule has 1 aromatic carbocycles. The Morgan fingerprint density at radius 2 is 2.11 bits per heavy atom. The molecule has 6 nitrogen and oxygen atoms in total. The fourth-order valence-electron chi connectivity index (χ4n) is 3.35. The van der Waals surface area contributed by atoms with Gasteiger partial charge in [0.15, 0.2) is 0 Å². The van der Waals surface area contributed by atoms with E-state index in [-0.39, 0.29) is 30.6 Å². The predicted molar refractivity (Wildman–Crippen MR) is 104 cm³/mol. The molecule has 0 radical (unpaired) electrons. The van der Waals surface area contributed by atoms with E-state index < -0.39 is 0 Å². The molecule has 0 spiro atoms. The van der Waals surface area contributed by atoms with Crippen molar-refractivity contribution in [1.82, 2.24) is 10.2 Å². The van der Waals surface area contributed by atoms with E-state index in [0.717, 1.165) is 18.4 Å². The number of nitrogens with one attached hydrogen (secondary N) is 1. The average molecular weight is 374 g/mol. The number of rotatable bonds is 9. The molecule has 1 heterocycles. The van der Waals surface area contributed by atoms with Crippen LogP contribution < -0.4 is 5.32 Å². The molecule has 1 fully saturated rings. The summed E-state index contributed by atoms with van der Waals surface area (Å²) in [4.78, 5) is 26.1. The predicted octanol–water partition coefficient (Wildman–Crippen LogP) is 3.13. The van der Waals surface area contributed by atoms with Crippen molar-refractivity contribution < 1.29 is 19.1 Å². The summed E-state index contributed by atoms with van der Waals surface area (Å²) in [5, 5.41) is 3.35. The van der Waals surface area contributed by atoms with Crippen LogP contribution in [-0.2, 0) is 20.9 Å². The lowest BCUT2D eigenvalue weighted by atomic mass is 9.89. The first-order valence-electron chi connectivity index (χ1n) is 9.59. The van der Waals surface area contributed by atoms with E-state index in [1.165, 1.54) is 0 Å². The second-order valence-corrected chi connectivity index (χ2v) is 6.70. The fraction of sp³-hybridized carbons (Fsp3) is 0.524. The highest BCUT2D eigenvalue weighted by atomic mass is 16.6. The zero-order valence-electron chi connectivity index (χ0n) is 16.1. The van der Waals surface area contributed by atoms with Gasteiger partial charge < -0.3 is 19.7 Å². The summed E-state index contributed by atoms with van der Waals surface area (Å²) in [7, 11) is 0.